The zero-order chi connectivity index (χ0) is 25.3. The van der Waals surface area contributed by atoms with Crippen LogP contribution in [0.5, 0.6) is 0 Å². The van der Waals surface area contributed by atoms with Crippen LogP contribution in [0.15, 0.2) is 0 Å². The number of alkyl carbamates (subject to hydrolysis) is 2. The molecular weight excluding hydrogens is 430 g/mol. The predicted molar refractivity (Wildman–Crippen MR) is 126 cm³/mol. The molecule has 0 aliphatic heterocycles. The Labute approximate surface area is 198 Å². The highest BCUT2D eigenvalue weighted by atomic mass is 16.6. The Bertz CT molecular complexity index is 562. The summed E-state index contributed by atoms with van der Waals surface area (Å²) >= 11 is 0. The van der Waals surface area contributed by atoms with Crippen molar-refractivity contribution >= 4 is 18.1 Å². The van der Waals surface area contributed by atoms with Crippen molar-refractivity contribution in [3.63, 3.8) is 0 Å². The molecule has 0 saturated heterocycles. The van der Waals surface area contributed by atoms with Crippen LogP contribution in [0.3, 0.4) is 0 Å². The molecule has 0 saturated carbocycles. The summed E-state index contributed by atoms with van der Waals surface area (Å²) in [6.45, 7) is 11.0. The summed E-state index contributed by atoms with van der Waals surface area (Å²) in [4.78, 5) is 34.9. The number of ether oxygens (including phenoxy) is 4. The zero-order valence-electron chi connectivity index (χ0n) is 21.5. The fourth-order valence-electron chi connectivity index (χ4n) is 2.87. The summed E-state index contributed by atoms with van der Waals surface area (Å²) < 4.78 is 21.6. The number of hydrogen-bond acceptors (Lipinski definition) is 7. The fraction of sp³-hybridized carbons (Fsp3) is 0.870. The summed E-state index contributed by atoms with van der Waals surface area (Å²) in [6.07, 6.45) is 2.90. The van der Waals surface area contributed by atoms with E-state index in [2.05, 4.69) is 36.7 Å². The number of rotatable bonds is 17. The van der Waals surface area contributed by atoms with Gasteiger partial charge in [-0.05, 0) is 47.0 Å². The highest BCUT2D eigenvalue weighted by molar-refractivity contribution is 5.76. The molecule has 3 N–H and O–H groups in total. The monoisotopic (exact) mass is 475 g/mol. The second-order valence-electron chi connectivity index (χ2n) is 9.19. The summed E-state index contributed by atoms with van der Waals surface area (Å²) in [6, 6.07) is 0. The van der Waals surface area contributed by atoms with Gasteiger partial charge in [-0.25, -0.2) is 9.59 Å². The first-order valence-electron chi connectivity index (χ1n) is 11.7. The number of carbonyl (C=O) groups is 3. The van der Waals surface area contributed by atoms with Gasteiger partial charge in [-0.15, -0.1) is 0 Å². The van der Waals surface area contributed by atoms with Crippen molar-refractivity contribution in [3.8, 4) is 0 Å². The van der Waals surface area contributed by atoms with Gasteiger partial charge in [0.15, 0.2) is 0 Å². The molecule has 0 aromatic rings. The quantitative estimate of drug-likeness (QED) is 0.276. The van der Waals surface area contributed by atoms with Gasteiger partial charge in [-0.3, -0.25) is 4.79 Å². The second kappa shape index (κ2) is 16.5. The molecule has 0 bridgehead atoms. The predicted octanol–water partition coefficient (Wildman–Crippen LogP) is 3.13. The molecule has 0 aromatic carbocycles. The van der Waals surface area contributed by atoms with E-state index in [4.69, 9.17) is 18.9 Å². The first-order valence-corrected chi connectivity index (χ1v) is 11.7. The van der Waals surface area contributed by atoms with Crippen molar-refractivity contribution in [3.05, 3.63) is 0 Å². The lowest BCUT2D eigenvalue weighted by molar-refractivity contribution is -0.123. The van der Waals surface area contributed by atoms with E-state index in [1.54, 1.807) is 0 Å². The van der Waals surface area contributed by atoms with Crippen molar-refractivity contribution in [2.24, 2.45) is 0 Å². The Balaban J connectivity index is 4.31. The van der Waals surface area contributed by atoms with E-state index in [9.17, 15) is 14.4 Å². The third-order valence-corrected chi connectivity index (χ3v) is 4.94. The molecule has 3 amide bonds. The topological polar surface area (TPSA) is 124 Å². The maximum Gasteiger partial charge on any atom is 0.406 e. The Morgan fingerprint density at radius 1 is 0.848 bits per heavy atom. The second-order valence-corrected chi connectivity index (χ2v) is 9.19. The van der Waals surface area contributed by atoms with Gasteiger partial charge in [0.2, 0.25) is 5.91 Å². The molecule has 0 aliphatic rings. The number of carbonyl (C=O) groups excluding carboxylic acids is 3. The van der Waals surface area contributed by atoms with Crippen LogP contribution >= 0.6 is 0 Å². The van der Waals surface area contributed by atoms with Gasteiger partial charge < -0.3 is 34.9 Å². The van der Waals surface area contributed by atoms with Crippen molar-refractivity contribution < 1.29 is 33.3 Å². The zero-order valence-corrected chi connectivity index (χ0v) is 21.5. The average molecular weight is 476 g/mol. The summed E-state index contributed by atoms with van der Waals surface area (Å²) in [5.74, 6) is -0.0754. The first-order chi connectivity index (χ1) is 15.4. The average Bonchev–Trinajstić information content (AvgIpc) is 2.75. The van der Waals surface area contributed by atoms with Crippen LogP contribution in [-0.2, 0) is 23.7 Å². The molecule has 33 heavy (non-hydrogen) atoms. The summed E-state index contributed by atoms with van der Waals surface area (Å²) in [5.41, 5.74) is -0.545. The molecule has 10 heteroatoms. The van der Waals surface area contributed by atoms with Gasteiger partial charge in [-0.1, -0.05) is 19.8 Å². The number of nitrogens with one attached hydrogen (secondary N) is 3. The minimum Gasteiger partial charge on any atom is -0.447 e. The van der Waals surface area contributed by atoms with E-state index in [0.717, 1.165) is 19.3 Å². The Hall–Kier alpha value is -2.07. The molecule has 0 heterocycles. The Morgan fingerprint density at radius 3 is 1.94 bits per heavy atom. The summed E-state index contributed by atoms with van der Waals surface area (Å²) in [5, 5.41) is 7.71. The molecule has 0 unspecified atom stereocenters. The van der Waals surface area contributed by atoms with Gasteiger partial charge in [0.1, 0.15) is 19.3 Å². The van der Waals surface area contributed by atoms with E-state index < -0.39 is 18.3 Å². The smallest absolute Gasteiger partial charge is 0.406 e. The van der Waals surface area contributed by atoms with Gasteiger partial charge >= 0.3 is 12.2 Å². The molecule has 0 spiro atoms. The van der Waals surface area contributed by atoms with Crippen molar-refractivity contribution in [2.45, 2.75) is 90.4 Å². The van der Waals surface area contributed by atoms with Crippen LogP contribution < -0.4 is 16.0 Å². The van der Waals surface area contributed by atoms with Gasteiger partial charge in [0.25, 0.3) is 0 Å². The largest absolute Gasteiger partial charge is 0.447 e. The minimum absolute atomic E-state index is 0.0754. The molecule has 0 radical (unpaired) electrons. The van der Waals surface area contributed by atoms with Crippen molar-refractivity contribution in [1.82, 2.24) is 16.0 Å². The van der Waals surface area contributed by atoms with Crippen LogP contribution in [0.2, 0.25) is 0 Å². The molecule has 0 atom stereocenters. The van der Waals surface area contributed by atoms with Crippen LogP contribution in [0.1, 0.15) is 73.1 Å². The van der Waals surface area contributed by atoms with Crippen LogP contribution in [-0.4, -0.2) is 75.9 Å². The normalized spacial score (nSPS) is 11.8. The standard InChI is InChI=1S/C23H45N3O7/c1-8-9-12-23(4,5)33-15-13-22(2,3)26-19(27)11-10-14-30-18(16-31-20(28)24-6)17-32-21(29)25-7/h18H,8-17H2,1-7H3,(H,24,28)(H,25,29)(H,26,27). The van der Waals surface area contributed by atoms with Gasteiger partial charge in [0.05, 0.1) is 5.60 Å². The third-order valence-electron chi connectivity index (χ3n) is 4.94. The maximum atomic E-state index is 12.3. The molecule has 0 fully saturated rings. The number of amides is 3. The minimum atomic E-state index is -0.632. The van der Waals surface area contributed by atoms with Gasteiger partial charge in [-0.2, -0.15) is 0 Å². The van der Waals surface area contributed by atoms with E-state index in [1.165, 1.54) is 14.1 Å². The molecule has 194 valence electrons. The van der Waals surface area contributed by atoms with Crippen molar-refractivity contribution in [2.75, 3.05) is 40.5 Å². The lowest BCUT2D eigenvalue weighted by atomic mass is 9.99. The van der Waals surface area contributed by atoms with E-state index in [1.807, 2.05) is 13.8 Å². The molecule has 0 aliphatic carbocycles. The maximum absolute atomic E-state index is 12.3. The molecule has 0 rings (SSSR count). The number of hydrogen-bond donors (Lipinski definition) is 3. The van der Waals surface area contributed by atoms with Crippen molar-refractivity contribution in [1.29, 1.82) is 0 Å². The third kappa shape index (κ3) is 17.1. The SMILES string of the molecule is CCCCC(C)(C)OCCC(C)(C)NC(=O)CCCOC(COC(=O)NC)COC(=O)NC. The van der Waals surface area contributed by atoms with E-state index >= 15 is 0 Å². The lowest BCUT2D eigenvalue weighted by Gasteiger charge is -2.30. The highest BCUT2D eigenvalue weighted by Gasteiger charge is 2.23. The number of unbranched alkanes of at least 4 members (excludes halogenated alkanes) is 1. The Kier molecular flexibility index (Phi) is 15.5. The fourth-order valence-corrected chi connectivity index (χ4v) is 2.87. The van der Waals surface area contributed by atoms with E-state index in [0.29, 0.717) is 19.4 Å². The van der Waals surface area contributed by atoms with Gasteiger partial charge in [0, 0.05) is 39.3 Å². The first kappa shape index (κ1) is 30.9. The molecule has 0 aromatic heterocycles. The highest BCUT2D eigenvalue weighted by Crippen LogP contribution is 2.20. The van der Waals surface area contributed by atoms with E-state index in [-0.39, 0.29) is 43.3 Å². The molecule has 10 nitrogen and oxygen atoms in total. The van der Waals surface area contributed by atoms with Crippen LogP contribution in [0.4, 0.5) is 9.59 Å². The lowest BCUT2D eigenvalue weighted by Crippen LogP contribution is -2.44. The summed E-state index contributed by atoms with van der Waals surface area (Å²) in [7, 11) is 2.89. The van der Waals surface area contributed by atoms with Crippen LogP contribution in [0, 0.1) is 0 Å². The Morgan fingerprint density at radius 2 is 1.42 bits per heavy atom. The molecular formula is C23H45N3O7. The van der Waals surface area contributed by atoms with Crippen LogP contribution in [0.25, 0.3) is 0 Å².